The summed E-state index contributed by atoms with van der Waals surface area (Å²) >= 11 is 0. The van der Waals surface area contributed by atoms with Gasteiger partial charge in [0.2, 0.25) is 0 Å². The van der Waals surface area contributed by atoms with Crippen LogP contribution >= 0.6 is 0 Å². The van der Waals surface area contributed by atoms with E-state index >= 15 is 0 Å². The van der Waals surface area contributed by atoms with Crippen molar-refractivity contribution in [2.24, 2.45) is 9.98 Å². The van der Waals surface area contributed by atoms with Gasteiger partial charge in [0.25, 0.3) is 0 Å². The van der Waals surface area contributed by atoms with Crippen molar-refractivity contribution < 1.29 is 20.4 Å². The molecular formula is C50H36N2Pd. The van der Waals surface area contributed by atoms with Crippen LogP contribution < -0.4 is 0 Å². The van der Waals surface area contributed by atoms with Crippen molar-refractivity contribution in [1.82, 2.24) is 0 Å². The minimum Gasteiger partial charge on any atom is -0.304 e. The van der Waals surface area contributed by atoms with Gasteiger partial charge in [-0.3, -0.25) is 0 Å². The minimum absolute atomic E-state index is 0. The van der Waals surface area contributed by atoms with E-state index in [0.717, 1.165) is 33.6 Å². The van der Waals surface area contributed by atoms with Crippen molar-refractivity contribution in [2.75, 3.05) is 0 Å². The van der Waals surface area contributed by atoms with Gasteiger partial charge in [-0.25, -0.2) is 0 Å². The van der Waals surface area contributed by atoms with E-state index in [1.807, 2.05) is 109 Å². The third kappa shape index (κ3) is 9.97. The monoisotopic (exact) mass is 770 g/mol. The van der Waals surface area contributed by atoms with Crippen molar-refractivity contribution in [2.45, 2.75) is 0 Å². The van der Waals surface area contributed by atoms with E-state index in [4.69, 9.17) is 9.98 Å². The van der Waals surface area contributed by atoms with Gasteiger partial charge in [0, 0.05) is 11.1 Å². The Balaban J connectivity index is 0.000000178. The Kier molecular flexibility index (Phi) is 13.0. The third-order valence-electron chi connectivity index (χ3n) is 8.53. The topological polar surface area (TPSA) is 24.7 Å². The van der Waals surface area contributed by atoms with E-state index in [2.05, 4.69) is 121 Å². The molecule has 0 fully saturated rings. The van der Waals surface area contributed by atoms with Crippen LogP contribution in [-0.4, -0.2) is 12.4 Å². The Morgan fingerprint density at radius 3 is 1.02 bits per heavy atom. The van der Waals surface area contributed by atoms with Crippen molar-refractivity contribution in [3.8, 4) is 44.5 Å². The van der Waals surface area contributed by atoms with Crippen molar-refractivity contribution in [1.29, 1.82) is 0 Å². The molecule has 2 nitrogen and oxygen atoms in total. The van der Waals surface area contributed by atoms with Gasteiger partial charge < -0.3 is 9.98 Å². The van der Waals surface area contributed by atoms with Crippen LogP contribution in [0.1, 0.15) is 11.1 Å². The van der Waals surface area contributed by atoms with E-state index in [1.165, 1.54) is 33.4 Å². The SMILES string of the molecule is [Pd+2].[c-]1ccc(-c2ccccc2)cc1C=Nc1ccccc1-c1ccccc1.[c-]1ccc(-c2ccccc2)cc1C=Nc1ccccc1-c1ccccc1. The van der Waals surface area contributed by atoms with Gasteiger partial charge in [-0.05, 0) is 46.8 Å². The zero-order chi connectivity index (χ0) is 35.2. The second-order valence-electron chi connectivity index (χ2n) is 12.1. The predicted octanol–water partition coefficient (Wildman–Crippen LogP) is 13.1. The smallest absolute Gasteiger partial charge is 0.304 e. The number of para-hydroxylation sites is 2. The largest absolute Gasteiger partial charge is 2.00 e. The Morgan fingerprint density at radius 2 is 0.642 bits per heavy atom. The minimum atomic E-state index is 0. The Bertz CT molecular complexity index is 2220. The molecule has 0 N–H and O–H groups in total. The van der Waals surface area contributed by atoms with E-state index in [9.17, 15) is 0 Å². The van der Waals surface area contributed by atoms with Crippen molar-refractivity contribution in [3.05, 3.63) is 230 Å². The summed E-state index contributed by atoms with van der Waals surface area (Å²) in [7, 11) is 0. The number of nitrogens with zero attached hydrogens (tertiary/aromatic N) is 2. The number of rotatable bonds is 8. The molecule has 0 aliphatic heterocycles. The van der Waals surface area contributed by atoms with Crippen molar-refractivity contribution >= 4 is 23.8 Å². The standard InChI is InChI=1S/2C25H18N.Pd/c2*1-3-11-21(12-4-1)23-15-9-10-20(18-23)19-26-25-17-8-7-16-24(25)22-13-5-2-6-14-22;/h2*1-9,11-19H;/q2*-1;+2. The quantitative estimate of drug-likeness (QED) is 0.0835. The Hall–Kier alpha value is -6.24. The van der Waals surface area contributed by atoms with Crippen LogP contribution in [0.15, 0.2) is 216 Å². The van der Waals surface area contributed by atoms with E-state index in [0.29, 0.717) is 0 Å². The van der Waals surface area contributed by atoms with Crippen LogP contribution in [0, 0.1) is 12.1 Å². The van der Waals surface area contributed by atoms with Gasteiger partial charge in [-0.2, -0.15) is 0 Å². The van der Waals surface area contributed by atoms with Gasteiger partial charge in [0.15, 0.2) is 0 Å². The van der Waals surface area contributed by atoms with E-state index in [-0.39, 0.29) is 20.4 Å². The fourth-order valence-corrected chi connectivity index (χ4v) is 5.91. The number of benzene rings is 8. The van der Waals surface area contributed by atoms with Crippen LogP contribution in [0.3, 0.4) is 0 Å². The molecular weight excluding hydrogens is 735 g/mol. The summed E-state index contributed by atoms with van der Waals surface area (Å²) in [6, 6.07) is 76.6. The van der Waals surface area contributed by atoms with Crippen LogP contribution in [0.2, 0.25) is 0 Å². The molecule has 8 aromatic carbocycles. The van der Waals surface area contributed by atoms with Crippen LogP contribution in [0.4, 0.5) is 11.4 Å². The molecule has 0 aliphatic rings. The fraction of sp³-hybridized carbons (Fsp3) is 0. The molecule has 0 aromatic heterocycles. The fourth-order valence-electron chi connectivity index (χ4n) is 5.91. The second-order valence-corrected chi connectivity index (χ2v) is 12.1. The molecule has 0 radical (unpaired) electrons. The van der Waals surface area contributed by atoms with Gasteiger partial charge in [-0.1, -0.05) is 158 Å². The molecule has 3 heteroatoms. The number of aliphatic imine (C=N–C) groups is 2. The number of hydrogen-bond acceptors (Lipinski definition) is 2. The molecule has 0 heterocycles. The Labute approximate surface area is 326 Å². The first kappa shape index (κ1) is 36.5. The molecule has 0 saturated carbocycles. The summed E-state index contributed by atoms with van der Waals surface area (Å²) in [5.74, 6) is 0. The van der Waals surface area contributed by atoms with Crippen LogP contribution in [-0.2, 0) is 20.4 Å². The molecule has 0 spiro atoms. The molecule has 0 aliphatic carbocycles. The van der Waals surface area contributed by atoms with E-state index in [1.54, 1.807) is 0 Å². The van der Waals surface area contributed by atoms with Gasteiger partial charge >= 0.3 is 20.4 Å². The van der Waals surface area contributed by atoms with Crippen LogP contribution in [0.25, 0.3) is 44.5 Å². The molecule has 0 bridgehead atoms. The maximum atomic E-state index is 4.73. The average molecular weight is 771 g/mol. The van der Waals surface area contributed by atoms with Gasteiger partial charge in [0.1, 0.15) is 0 Å². The molecule has 8 aromatic rings. The van der Waals surface area contributed by atoms with Gasteiger partial charge in [0.05, 0.1) is 11.4 Å². The maximum absolute atomic E-state index is 4.73. The normalized spacial score (nSPS) is 10.7. The Morgan fingerprint density at radius 1 is 0.321 bits per heavy atom. The summed E-state index contributed by atoms with van der Waals surface area (Å²) in [5.41, 5.74) is 13.2. The summed E-state index contributed by atoms with van der Waals surface area (Å²) in [6.07, 6.45) is 3.77. The summed E-state index contributed by atoms with van der Waals surface area (Å²) < 4.78 is 0. The first-order valence-corrected chi connectivity index (χ1v) is 17.3. The maximum Gasteiger partial charge on any atom is 2.00 e. The number of hydrogen-bond donors (Lipinski definition) is 0. The summed E-state index contributed by atoms with van der Waals surface area (Å²) in [6.45, 7) is 0. The first-order valence-electron chi connectivity index (χ1n) is 17.3. The van der Waals surface area contributed by atoms with Crippen LogP contribution in [0.5, 0.6) is 0 Å². The summed E-state index contributed by atoms with van der Waals surface area (Å²) in [4.78, 5) is 9.46. The average Bonchev–Trinajstić information content (AvgIpc) is 3.24. The van der Waals surface area contributed by atoms with Crippen molar-refractivity contribution in [3.63, 3.8) is 0 Å². The molecule has 256 valence electrons. The molecule has 0 unspecified atom stereocenters. The van der Waals surface area contributed by atoms with Gasteiger partial charge in [-0.15, -0.1) is 70.8 Å². The molecule has 0 saturated heterocycles. The molecule has 8 rings (SSSR count). The second kappa shape index (κ2) is 18.8. The molecule has 0 atom stereocenters. The first-order chi connectivity index (χ1) is 25.8. The molecule has 0 amide bonds. The summed E-state index contributed by atoms with van der Waals surface area (Å²) in [5, 5.41) is 0. The molecule has 53 heavy (non-hydrogen) atoms. The zero-order valence-corrected chi connectivity index (χ0v) is 30.5. The predicted molar refractivity (Wildman–Crippen MR) is 220 cm³/mol. The van der Waals surface area contributed by atoms with E-state index < -0.39 is 0 Å². The zero-order valence-electron chi connectivity index (χ0n) is 29.0. The third-order valence-corrected chi connectivity index (χ3v) is 8.53.